The monoisotopic (exact) mass is 290 g/mol. The average molecular weight is 290 g/mol. The van der Waals surface area contributed by atoms with E-state index in [1.807, 2.05) is 0 Å². The molecule has 0 bridgehead atoms. The molecule has 0 aliphatic rings. The van der Waals surface area contributed by atoms with Crippen LogP contribution in [0.3, 0.4) is 0 Å². The third-order valence-electron chi connectivity index (χ3n) is 3.02. The fourth-order valence-electron chi connectivity index (χ4n) is 1.85. The number of nitro groups is 1. The molecule has 0 saturated carbocycles. The molecule has 6 heteroatoms. The van der Waals surface area contributed by atoms with Crippen LogP contribution in [0.4, 0.5) is 10.1 Å². The zero-order chi connectivity index (χ0) is 15.4. The second-order valence-corrected chi connectivity index (χ2v) is 4.68. The van der Waals surface area contributed by atoms with Gasteiger partial charge in [-0.3, -0.25) is 10.1 Å². The zero-order valence-electron chi connectivity index (χ0n) is 11.5. The number of halogens is 1. The third kappa shape index (κ3) is 3.76. The van der Waals surface area contributed by atoms with Crippen molar-refractivity contribution in [3.8, 4) is 5.75 Å². The highest BCUT2D eigenvalue weighted by Crippen LogP contribution is 2.21. The molecule has 0 heterocycles. The number of benzene rings is 2. The van der Waals surface area contributed by atoms with E-state index in [9.17, 15) is 14.5 Å². The molecule has 0 aliphatic heterocycles. The summed E-state index contributed by atoms with van der Waals surface area (Å²) < 4.78 is 19.2. The summed E-state index contributed by atoms with van der Waals surface area (Å²) in [6.45, 7) is 1.91. The second-order valence-electron chi connectivity index (χ2n) is 4.68. The Labute approximate surface area is 121 Å². The average Bonchev–Trinajstić information content (AvgIpc) is 2.45. The summed E-state index contributed by atoms with van der Waals surface area (Å²) in [7, 11) is 0. The molecule has 0 aliphatic carbocycles. The van der Waals surface area contributed by atoms with Crippen molar-refractivity contribution in [3.63, 3.8) is 0 Å². The minimum Gasteiger partial charge on any atom is -0.489 e. The summed E-state index contributed by atoms with van der Waals surface area (Å²) in [4.78, 5) is 10.1. The smallest absolute Gasteiger partial charge is 0.269 e. The van der Waals surface area contributed by atoms with Crippen LogP contribution in [-0.2, 0) is 6.61 Å². The Morgan fingerprint density at radius 1 is 1.29 bits per heavy atom. The van der Waals surface area contributed by atoms with Gasteiger partial charge in [-0.15, -0.1) is 0 Å². The van der Waals surface area contributed by atoms with E-state index in [2.05, 4.69) is 0 Å². The van der Waals surface area contributed by atoms with Gasteiger partial charge in [-0.2, -0.15) is 0 Å². The highest BCUT2D eigenvalue weighted by atomic mass is 19.1. The molecule has 110 valence electrons. The van der Waals surface area contributed by atoms with Crippen LogP contribution < -0.4 is 10.5 Å². The molecular weight excluding hydrogens is 275 g/mol. The van der Waals surface area contributed by atoms with Gasteiger partial charge in [0, 0.05) is 29.8 Å². The Hall–Kier alpha value is -2.47. The summed E-state index contributed by atoms with van der Waals surface area (Å²) in [6, 6.07) is 10.1. The Kier molecular flexibility index (Phi) is 4.49. The van der Waals surface area contributed by atoms with Gasteiger partial charge in [0.2, 0.25) is 0 Å². The summed E-state index contributed by atoms with van der Waals surface area (Å²) in [5.74, 6) is -0.0264. The van der Waals surface area contributed by atoms with Gasteiger partial charge in [0.15, 0.2) is 0 Å². The number of hydrogen-bond acceptors (Lipinski definition) is 4. The summed E-state index contributed by atoms with van der Waals surface area (Å²) >= 11 is 0. The van der Waals surface area contributed by atoms with Gasteiger partial charge in [-0.05, 0) is 30.7 Å². The molecule has 2 N–H and O–H groups in total. The number of nitrogens with two attached hydrogens (primary N) is 1. The molecule has 2 rings (SSSR count). The molecule has 2 aromatic rings. The number of nitro benzene ring substituents is 1. The van der Waals surface area contributed by atoms with Crippen molar-refractivity contribution in [1.82, 2.24) is 0 Å². The molecular formula is C15H15FN2O3. The first-order valence-corrected chi connectivity index (χ1v) is 6.38. The first-order chi connectivity index (χ1) is 9.97. The molecule has 5 nitrogen and oxygen atoms in total. The van der Waals surface area contributed by atoms with Crippen LogP contribution in [0.2, 0.25) is 0 Å². The van der Waals surface area contributed by atoms with E-state index in [0.717, 1.165) is 5.56 Å². The normalized spacial score (nSPS) is 12.0. The molecule has 1 atom stereocenters. The lowest BCUT2D eigenvalue weighted by Gasteiger charge is -2.10. The van der Waals surface area contributed by atoms with E-state index in [1.165, 1.54) is 18.2 Å². The van der Waals surface area contributed by atoms with Gasteiger partial charge in [-0.1, -0.05) is 6.07 Å². The van der Waals surface area contributed by atoms with E-state index in [-0.39, 0.29) is 18.3 Å². The highest BCUT2D eigenvalue weighted by molar-refractivity contribution is 5.34. The van der Waals surface area contributed by atoms with Crippen LogP contribution in [0.5, 0.6) is 5.75 Å². The van der Waals surface area contributed by atoms with E-state index in [0.29, 0.717) is 11.3 Å². The van der Waals surface area contributed by atoms with Crippen molar-refractivity contribution in [1.29, 1.82) is 0 Å². The Balaban J connectivity index is 2.02. The quantitative estimate of drug-likeness (QED) is 0.676. The van der Waals surface area contributed by atoms with E-state index < -0.39 is 10.7 Å². The molecule has 0 aromatic heterocycles. The Bertz CT molecular complexity index is 642. The SMILES string of the molecule is C[C@H](N)c1ccc(OCc2ccc([N+](=O)[O-])cc2)cc1F. The van der Waals surface area contributed by atoms with Gasteiger partial charge in [-0.25, -0.2) is 4.39 Å². The lowest BCUT2D eigenvalue weighted by atomic mass is 10.1. The fourth-order valence-corrected chi connectivity index (χ4v) is 1.85. The highest BCUT2D eigenvalue weighted by Gasteiger charge is 2.08. The van der Waals surface area contributed by atoms with Gasteiger partial charge < -0.3 is 10.5 Å². The maximum absolute atomic E-state index is 13.7. The topological polar surface area (TPSA) is 78.4 Å². The lowest BCUT2D eigenvalue weighted by Crippen LogP contribution is -2.07. The molecule has 0 spiro atoms. The summed E-state index contributed by atoms with van der Waals surface area (Å²) in [5, 5.41) is 10.5. The summed E-state index contributed by atoms with van der Waals surface area (Å²) in [6.07, 6.45) is 0. The Morgan fingerprint density at radius 2 is 1.95 bits per heavy atom. The maximum Gasteiger partial charge on any atom is 0.269 e. The minimum absolute atomic E-state index is 0.0195. The van der Waals surface area contributed by atoms with E-state index in [1.54, 1.807) is 31.2 Å². The van der Waals surface area contributed by atoms with Gasteiger partial charge >= 0.3 is 0 Å². The van der Waals surface area contributed by atoms with Crippen LogP contribution in [-0.4, -0.2) is 4.92 Å². The number of ether oxygens (including phenoxy) is 1. The maximum atomic E-state index is 13.7. The molecule has 0 unspecified atom stereocenters. The molecule has 2 aromatic carbocycles. The minimum atomic E-state index is -0.466. The number of nitrogens with zero attached hydrogens (tertiary/aromatic N) is 1. The zero-order valence-corrected chi connectivity index (χ0v) is 11.5. The van der Waals surface area contributed by atoms with E-state index >= 15 is 0 Å². The van der Waals surface area contributed by atoms with Crippen LogP contribution in [0.15, 0.2) is 42.5 Å². The first kappa shape index (κ1) is 14.9. The lowest BCUT2D eigenvalue weighted by molar-refractivity contribution is -0.384. The predicted octanol–water partition coefficient (Wildman–Crippen LogP) is 3.33. The van der Waals surface area contributed by atoms with Crippen molar-refractivity contribution in [2.45, 2.75) is 19.6 Å². The Morgan fingerprint density at radius 3 is 2.48 bits per heavy atom. The fraction of sp³-hybridized carbons (Fsp3) is 0.200. The number of non-ortho nitro benzene ring substituents is 1. The van der Waals surface area contributed by atoms with Crippen LogP contribution in [0.25, 0.3) is 0 Å². The predicted molar refractivity (Wildman–Crippen MR) is 76.4 cm³/mol. The van der Waals surface area contributed by atoms with Gasteiger partial charge in [0.25, 0.3) is 5.69 Å². The standard InChI is InChI=1S/C15H15FN2O3/c1-10(17)14-7-6-13(8-15(14)16)21-9-11-2-4-12(5-3-11)18(19)20/h2-8,10H,9,17H2,1H3/t10-/m0/s1. The molecule has 0 fully saturated rings. The third-order valence-corrected chi connectivity index (χ3v) is 3.02. The second kappa shape index (κ2) is 6.32. The van der Waals surface area contributed by atoms with Crippen molar-refractivity contribution < 1.29 is 14.1 Å². The van der Waals surface area contributed by atoms with Gasteiger partial charge in [0.05, 0.1) is 4.92 Å². The van der Waals surface area contributed by atoms with Crippen molar-refractivity contribution in [2.75, 3.05) is 0 Å². The largest absolute Gasteiger partial charge is 0.489 e. The van der Waals surface area contributed by atoms with E-state index in [4.69, 9.17) is 10.5 Å². The molecule has 0 radical (unpaired) electrons. The number of rotatable bonds is 5. The van der Waals surface area contributed by atoms with Crippen LogP contribution >= 0.6 is 0 Å². The van der Waals surface area contributed by atoms with Crippen molar-refractivity contribution in [2.24, 2.45) is 5.73 Å². The van der Waals surface area contributed by atoms with Crippen molar-refractivity contribution in [3.05, 3.63) is 69.5 Å². The first-order valence-electron chi connectivity index (χ1n) is 6.38. The molecule has 0 amide bonds. The van der Waals surface area contributed by atoms with Gasteiger partial charge in [0.1, 0.15) is 18.2 Å². The molecule has 21 heavy (non-hydrogen) atoms. The van der Waals surface area contributed by atoms with Crippen LogP contribution in [0, 0.1) is 15.9 Å². The molecule has 0 saturated heterocycles. The van der Waals surface area contributed by atoms with Crippen LogP contribution in [0.1, 0.15) is 24.1 Å². The summed E-state index contributed by atoms with van der Waals surface area (Å²) in [5.41, 5.74) is 6.84. The van der Waals surface area contributed by atoms with Crippen molar-refractivity contribution >= 4 is 5.69 Å². The number of hydrogen-bond donors (Lipinski definition) is 1.